The Hall–Kier alpha value is -0.420. The standard InChI is InChI=1S/C11H23O6P/c1-3-6-16-11(10(13)14,17-7-4-2)5-8-18(15)9-12/h12,18H,3-9H2,1-2H3,(H,13,14). The van der Waals surface area contributed by atoms with Crippen molar-refractivity contribution in [1.82, 2.24) is 0 Å². The molecular weight excluding hydrogens is 259 g/mol. The fraction of sp³-hybridized carbons (Fsp3) is 0.909. The molecule has 7 heteroatoms. The number of aliphatic hydroxyl groups is 1. The van der Waals surface area contributed by atoms with Gasteiger partial charge in [-0.05, 0) is 12.8 Å². The van der Waals surface area contributed by atoms with Crippen LogP contribution in [-0.2, 0) is 18.8 Å². The van der Waals surface area contributed by atoms with Crippen molar-refractivity contribution in [3.05, 3.63) is 0 Å². The van der Waals surface area contributed by atoms with Gasteiger partial charge in [0.1, 0.15) is 7.80 Å². The molecule has 0 rings (SSSR count). The molecule has 108 valence electrons. The highest BCUT2D eigenvalue weighted by molar-refractivity contribution is 7.44. The molecule has 6 nitrogen and oxygen atoms in total. The SMILES string of the molecule is CCCOC(CC[PH](=O)CO)(OCCC)C(=O)O. The first-order chi connectivity index (χ1) is 8.52. The Bertz CT molecular complexity index is 260. The molecule has 0 heterocycles. The molecule has 0 aliphatic rings. The summed E-state index contributed by atoms with van der Waals surface area (Å²) < 4.78 is 21.9. The van der Waals surface area contributed by atoms with Crippen LogP contribution < -0.4 is 0 Å². The molecule has 0 aromatic heterocycles. The van der Waals surface area contributed by atoms with Gasteiger partial charge in [0.2, 0.25) is 0 Å². The molecule has 0 fully saturated rings. The van der Waals surface area contributed by atoms with Crippen molar-refractivity contribution in [1.29, 1.82) is 0 Å². The lowest BCUT2D eigenvalue weighted by Crippen LogP contribution is -2.45. The Morgan fingerprint density at radius 2 is 1.72 bits per heavy atom. The predicted octanol–water partition coefficient (Wildman–Crippen LogP) is 1.52. The Labute approximate surface area is 108 Å². The van der Waals surface area contributed by atoms with E-state index in [4.69, 9.17) is 14.6 Å². The first kappa shape index (κ1) is 17.6. The number of aliphatic carboxylic acids is 1. The highest BCUT2D eigenvalue weighted by Gasteiger charge is 2.40. The second-order valence-corrected chi connectivity index (χ2v) is 5.85. The Morgan fingerprint density at radius 3 is 2.06 bits per heavy atom. The molecule has 0 aromatic carbocycles. The topological polar surface area (TPSA) is 93.1 Å². The van der Waals surface area contributed by atoms with E-state index in [1.54, 1.807) is 0 Å². The van der Waals surface area contributed by atoms with Gasteiger partial charge in [0.05, 0.1) is 19.6 Å². The molecule has 1 atom stereocenters. The maximum Gasteiger partial charge on any atom is 0.364 e. The number of ether oxygens (including phenoxy) is 2. The highest BCUT2D eigenvalue weighted by Crippen LogP contribution is 2.27. The number of hydrogen-bond donors (Lipinski definition) is 2. The molecular formula is C11H23O6P. The van der Waals surface area contributed by atoms with Gasteiger partial charge >= 0.3 is 5.97 Å². The first-order valence-electron chi connectivity index (χ1n) is 6.16. The molecule has 0 spiro atoms. The van der Waals surface area contributed by atoms with Gasteiger partial charge in [-0.15, -0.1) is 0 Å². The third kappa shape index (κ3) is 5.96. The zero-order chi connectivity index (χ0) is 14.0. The van der Waals surface area contributed by atoms with Crippen LogP contribution in [0.15, 0.2) is 0 Å². The van der Waals surface area contributed by atoms with Gasteiger partial charge in [-0.2, -0.15) is 0 Å². The zero-order valence-corrected chi connectivity index (χ0v) is 12.0. The van der Waals surface area contributed by atoms with E-state index in [0.717, 1.165) is 0 Å². The smallest absolute Gasteiger partial charge is 0.364 e. The van der Waals surface area contributed by atoms with Crippen LogP contribution >= 0.6 is 7.80 Å². The Kier molecular flexibility index (Phi) is 9.28. The van der Waals surface area contributed by atoms with Crippen molar-refractivity contribution < 1.29 is 29.0 Å². The van der Waals surface area contributed by atoms with E-state index in [9.17, 15) is 14.5 Å². The number of carboxylic acids is 1. The molecule has 0 aliphatic heterocycles. The zero-order valence-electron chi connectivity index (χ0n) is 11.0. The number of carbonyl (C=O) groups is 1. The van der Waals surface area contributed by atoms with Gasteiger partial charge in [-0.1, -0.05) is 13.8 Å². The predicted molar refractivity (Wildman–Crippen MR) is 68.4 cm³/mol. The average molecular weight is 282 g/mol. The summed E-state index contributed by atoms with van der Waals surface area (Å²) >= 11 is 0. The van der Waals surface area contributed by atoms with Crippen LogP contribution in [0.25, 0.3) is 0 Å². The third-order valence-electron chi connectivity index (χ3n) is 2.31. The second kappa shape index (κ2) is 9.50. The van der Waals surface area contributed by atoms with Crippen LogP contribution in [0, 0.1) is 0 Å². The van der Waals surface area contributed by atoms with Crippen LogP contribution in [0.4, 0.5) is 0 Å². The fourth-order valence-corrected chi connectivity index (χ4v) is 2.10. The van der Waals surface area contributed by atoms with E-state index in [0.29, 0.717) is 12.8 Å². The molecule has 2 N–H and O–H groups in total. The molecule has 0 radical (unpaired) electrons. The van der Waals surface area contributed by atoms with E-state index in [1.165, 1.54) is 0 Å². The minimum absolute atomic E-state index is 0.0132. The van der Waals surface area contributed by atoms with E-state index in [2.05, 4.69) is 0 Å². The Morgan fingerprint density at radius 1 is 1.22 bits per heavy atom. The summed E-state index contributed by atoms with van der Waals surface area (Å²) in [5, 5.41) is 18.0. The van der Waals surface area contributed by atoms with Crippen molar-refractivity contribution >= 4 is 13.8 Å². The molecule has 1 unspecified atom stereocenters. The second-order valence-electron chi connectivity index (χ2n) is 3.95. The van der Waals surface area contributed by atoms with Gasteiger partial charge in [0.25, 0.3) is 5.79 Å². The molecule has 0 aliphatic carbocycles. The lowest BCUT2D eigenvalue weighted by Gasteiger charge is -2.29. The summed E-state index contributed by atoms with van der Waals surface area (Å²) in [7, 11) is -2.16. The first-order valence-corrected chi connectivity index (χ1v) is 7.98. The molecule has 0 bridgehead atoms. The average Bonchev–Trinajstić information content (AvgIpc) is 2.37. The normalized spacial score (nSPS) is 13.5. The summed E-state index contributed by atoms with van der Waals surface area (Å²) in [6.07, 6.45) is 1.00. The van der Waals surface area contributed by atoms with Crippen molar-refractivity contribution in [3.8, 4) is 0 Å². The monoisotopic (exact) mass is 282 g/mol. The molecule has 18 heavy (non-hydrogen) atoms. The summed E-state index contributed by atoms with van der Waals surface area (Å²) in [6.45, 7) is 4.25. The number of hydrogen-bond acceptors (Lipinski definition) is 5. The summed E-state index contributed by atoms with van der Waals surface area (Å²) in [6, 6.07) is 0. The van der Waals surface area contributed by atoms with E-state index in [1.807, 2.05) is 13.8 Å². The maximum atomic E-state index is 11.3. The van der Waals surface area contributed by atoms with Gasteiger partial charge in [0, 0.05) is 12.6 Å². The lowest BCUT2D eigenvalue weighted by atomic mass is 10.2. The van der Waals surface area contributed by atoms with Gasteiger partial charge < -0.3 is 24.3 Å². The fourth-order valence-electron chi connectivity index (χ4n) is 1.33. The van der Waals surface area contributed by atoms with Gasteiger partial charge in [0.15, 0.2) is 0 Å². The van der Waals surface area contributed by atoms with E-state index in [-0.39, 0.29) is 25.8 Å². The Balaban J connectivity index is 4.70. The van der Waals surface area contributed by atoms with Crippen LogP contribution in [-0.4, -0.2) is 47.7 Å². The molecule has 0 amide bonds. The largest absolute Gasteiger partial charge is 0.477 e. The minimum atomic E-state index is -2.16. The summed E-state index contributed by atoms with van der Waals surface area (Å²) in [4.78, 5) is 11.3. The lowest BCUT2D eigenvalue weighted by molar-refractivity contribution is -0.245. The summed E-state index contributed by atoms with van der Waals surface area (Å²) in [5.74, 6) is -2.95. The molecule has 0 saturated carbocycles. The van der Waals surface area contributed by atoms with E-state index < -0.39 is 25.9 Å². The quantitative estimate of drug-likeness (QED) is 0.441. The van der Waals surface area contributed by atoms with E-state index >= 15 is 0 Å². The molecule has 0 saturated heterocycles. The number of aliphatic hydroxyl groups excluding tert-OH is 1. The van der Waals surface area contributed by atoms with Crippen LogP contribution in [0.3, 0.4) is 0 Å². The summed E-state index contributed by atoms with van der Waals surface area (Å²) in [5.41, 5.74) is 0. The van der Waals surface area contributed by atoms with Gasteiger partial charge in [-0.25, -0.2) is 4.79 Å². The van der Waals surface area contributed by atoms with Crippen molar-refractivity contribution in [2.75, 3.05) is 25.7 Å². The van der Waals surface area contributed by atoms with Crippen molar-refractivity contribution in [2.24, 2.45) is 0 Å². The van der Waals surface area contributed by atoms with Crippen LogP contribution in [0.2, 0.25) is 0 Å². The van der Waals surface area contributed by atoms with Crippen LogP contribution in [0.5, 0.6) is 0 Å². The maximum absolute atomic E-state index is 11.3. The number of rotatable bonds is 11. The molecule has 0 aromatic rings. The van der Waals surface area contributed by atoms with Crippen molar-refractivity contribution in [3.63, 3.8) is 0 Å². The number of carboxylic acid groups (broad SMARTS) is 1. The third-order valence-corrected chi connectivity index (χ3v) is 3.47. The van der Waals surface area contributed by atoms with Gasteiger partial charge in [-0.3, -0.25) is 0 Å². The highest BCUT2D eigenvalue weighted by atomic mass is 31.1. The van der Waals surface area contributed by atoms with Crippen molar-refractivity contribution in [2.45, 2.75) is 38.9 Å². The van der Waals surface area contributed by atoms with Crippen LogP contribution in [0.1, 0.15) is 33.1 Å². The minimum Gasteiger partial charge on any atom is -0.477 e.